The summed E-state index contributed by atoms with van der Waals surface area (Å²) in [5.41, 5.74) is 2.44. The highest BCUT2D eigenvalue weighted by atomic mass is 35.5. The second-order valence-corrected chi connectivity index (χ2v) is 6.78. The van der Waals surface area contributed by atoms with E-state index in [0.717, 1.165) is 24.2 Å². The van der Waals surface area contributed by atoms with E-state index in [1.54, 1.807) is 29.0 Å². The van der Waals surface area contributed by atoms with Gasteiger partial charge in [0.05, 0.1) is 6.04 Å². The van der Waals surface area contributed by atoms with Gasteiger partial charge >= 0.3 is 0 Å². The minimum atomic E-state index is -0.0916. The molecule has 0 saturated carbocycles. The van der Waals surface area contributed by atoms with Gasteiger partial charge in [0.2, 0.25) is 5.91 Å². The first kappa shape index (κ1) is 17.5. The fourth-order valence-corrected chi connectivity index (χ4v) is 3.27. The zero-order valence-electron chi connectivity index (χ0n) is 14.4. The molecule has 0 N–H and O–H groups in total. The quantitative estimate of drug-likeness (QED) is 0.819. The van der Waals surface area contributed by atoms with Gasteiger partial charge in [-0.15, -0.1) is 0 Å². The maximum Gasteiger partial charge on any atom is 0.254 e. The predicted molar refractivity (Wildman–Crippen MR) is 100.0 cm³/mol. The number of hydrogen-bond donors (Lipinski definition) is 0. The van der Waals surface area contributed by atoms with Crippen molar-refractivity contribution < 1.29 is 9.59 Å². The topological polar surface area (TPSA) is 40.6 Å². The first-order chi connectivity index (χ1) is 12.0. The van der Waals surface area contributed by atoms with E-state index in [0.29, 0.717) is 17.0 Å². The summed E-state index contributed by atoms with van der Waals surface area (Å²) in [5.74, 6) is 0.0811. The van der Waals surface area contributed by atoms with Crippen LogP contribution in [0.25, 0.3) is 0 Å². The molecular weight excluding hydrogens is 336 g/mol. The summed E-state index contributed by atoms with van der Waals surface area (Å²) in [5, 5.41) is 0.657. The number of hydrogen-bond acceptors (Lipinski definition) is 2. The van der Waals surface area contributed by atoms with Crippen LogP contribution in [0.2, 0.25) is 5.02 Å². The molecule has 2 aromatic rings. The fourth-order valence-electron chi connectivity index (χ4n) is 3.07. The number of carbonyl (C=O) groups is 2. The number of nitrogens with zero attached hydrogens (tertiary/aromatic N) is 2. The highest BCUT2D eigenvalue weighted by Gasteiger charge is 2.23. The molecule has 5 heteroatoms. The van der Waals surface area contributed by atoms with Crippen LogP contribution in [0.3, 0.4) is 0 Å². The van der Waals surface area contributed by atoms with E-state index >= 15 is 0 Å². The third-order valence-electron chi connectivity index (χ3n) is 4.73. The van der Waals surface area contributed by atoms with Crippen LogP contribution < -0.4 is 4.90 Å². The van der Waals surface area contributed by atoms with Gasteiger partial charge in [0.25, 0.3) is 5.91 Å². The Balaban J connectivity index is 1.74. The van der Waals surface area contributed by atoms with Crippen LogP contribution >= 0.6 is 11.6 Å². The second kappa shape index (κ2) is 7.28. The zero-order chi connectivity index (χ0) is 18.0. The zero-order valence-corrected chi connectivity index (χ0v) is 15.2. The number of anilines is 1. The smallest absolute Gasteiger partial charge is 0.254 e. The lowest BCUT2D eigenvalue weighted by Crippen LogP contribution is -2.29. The second-order valence-electron chi connectivity index (χ2n) is 6.34. The Morgan fingerprint density at radius 3 is 2.52 bits per heavy atom. The van der Waals surface area contributed by atoms with E-state index in [-0.39, 0.29) is 17.9 Å². The molecule has 0 radical (unpaired) electrons. The van der Waals surface area contributed by atoms with Crippen molar-refractivity contribution in [2.45, 2.75) is 25.8 Å². The largest absolute Gasteiger partial charge is 0.335 e. The van der Waals surface area contributed by atoms with Crippen LogP contribution in [-0.2, 0) is 4.79 Å². The third kappa shape index (κ3) is 3.69. The molecule has 2 amide bonds. The molecule has 25 heavy (non-hydrogen) atoms. The minimum Gasteiger partial charge on any atom is -0.335 e. The van der Waals surface area contributed by atoms with Crippen molar-refractivity contribution in [1.29, 1.82) is 0 Å². The lowest BCUT2D eigenvalue weighted by Gasteiger charge is -2.26. The van der Waals surface area contributed by atoms with Gasteiger partial charge in [-0.25, -0.2) is 0 Å². The Hall–Kier alpha value is -2.33. The maximum atomic E-state index is 12.8. The summed E-state index contributed by atoms with van der Waals surface area (Å²) >= 11 is 6.05. The van der Waals surface area contributed by atoms with Crippen LogP contribution in [0.5, 0.6) is 0 Å². The molecule has 1 aliphatic heterocycles. The van der Waals surface area contributed by atoms with Gasteiger partial charge in [0, 0.05) is 36.3 Å². The number of carbonyl (C=O) groups excluding carboxylic acids is 2. The molecule has 1 aliphatic rings. The van der Waals surface area contributed by atoms with E-state index in [1.165, 1.54) is 0 Å². The Kier molecular flexibility index (Phi) is 5.09. The Morgan fingerprint density at radius 1 is 1.20 bits per heavy atom. The molecule has 130 valence electrons. The van der Waals surface area contributed by atoms with Crippen molar-refractivity contribution in [3.05, 3.63) is 64.7 Å². The van der Waals surface area contributed by atoms with E-state index in [2.05, 4.69) is 0 Å². The summed E-state index contributed by atoms with van der Waals surface area (Å²) < 4.78 is 0. The van der Waals surface area contributed by atoms with Crippen molar-refractivity contribution in [1.82, 2.24) is 4.90 Å². The van der Waals surface area contributed by atoms with Gasteiger partial charge in [-0.3, -0.25) is 9.59 Å². The molecule has 0 aromatic heterocycles. The lowest BCUT2D eigenvalue weighted by molar-refractivity contribution is -0.117. The van der Waals surface area contributed by atoms with Crippen LogP contribution in [-0.4, -0.2) is 30.3 Å². The molecule has 1 unspecified atom stereocenters. The molecule has 1 atom stereocenters. The molecule has 0 spiro atoms. The monoisotopic (exact) mass is 356 g/mol. The minimum absolute atomic E-state index is 0.0632. The molecule has 1 saturated heterocycles. The van der Waals surface area contributed by atoms with E-state index in [9.17, 15) is 9.59 Å². The highest BCUT2D eigenvalue weighted by Crippen LogP contribution is 2.25. The molecule has 0 bridgehead atoms. The average Bonchev–Trinajstić information content (AvgIpc) is 3.06. The molecule has 1 heterocycles. The lowest BCUT2D eigenvalue weighted by atomic mass is 10.1. The van der Waals surface area contributed by atoms with Gasteiger partial charge < -0.3 is 9.80 Å². The predicted octanol–water partition coefficient (Wildman–Crippen LogP) is 4.30. The van der Waals surface area contributed by atoms with Gasteiger partial charge in [0.1, 0.15) is 0 Å². The molecule has 4 nitrogen and oxygen atoms in total. The number of halogens is 1. The van der Waals surface area contributed by atoms with Crippen LogP contribution in [0.4, 0.5) is 5.69 Å². The van der Waals surface area contributed by atoms with E-state index in [4.69, 9.17) is 11.6 Å². The number of amides is 2. The van der Waals surface area contributed by atoms with Crippen molar-refractivity contribution in [2.75, 3.05) is 18.5 Å². The Labute approximate surface area is 153 Å². The van der Waals surface area contributed by atoms with Gasteiger partial charge in [0.15, 0.2) is 0 Å². The molecular formula is C20H21ClN2O2. The molecule has 3 rings (SSSR count). The standard InChI is InChI=1S/C20H21ClN2O2/c1-14(16-5-3-6-17(21)13-16)22(2)20(25)15-8-10-18(11-9-15)23-12-4-7-19(23)24/h3,5-6,8-11,13-14H,4,7,12H2,1-2H3. The number of benzene rings is 2. The first-order valence-electron chi connectivity index (χ1n) is 8.40. The summed E-state index contributed by atoms with van der Waals surface area (Å²) in [6.07, 6.45) is 1.49. The van der Waals surface area contributed by atoms with Crippen molar-refractivity contribution in [2.24, 2.45) is 0 Å². The summed E-state index contributed by atoms with van der Waals surface area (Å²) in [6.45, 7) is 2.72. The molecule has 0 aliphatic carbocycles. The van der Waals surface area contributed by atoms with Crippen LogP contribution in [0.1, 0.15) is 41.7 Å². The van der Waals surface area contributed by atoms with Gasteiger partial charge in [-0.05, 0) is 55.3 Å². The van der Waals surface area contributed by atoms with E-state index < -0.39 is 0 Å². The van der Waals surface area contributed by atoms with Gasteiger partial charge in [-0.1, -0.05) is 23.7 Å². The maximum absolute atomic E-state index is 12.8. The van der Waals surface area contributed by atoms with E-state index in [1.807, 2.05) is 43.3 Å². The molecule has 1 fully saturated rings. The Morgan fingerprint density at radius 2 is 1.92 bits per heavy atom. The van der Waals surface area contributed by atoms with Crippen molar-refractivity contribution >= 4 is 29.1 Å². The highest BCUT2D eigenvalue weighted by molar-refractivity contribution is 6.30. The van der Waals surface area contributed by atoms with Gasteiger partial charge in [-0.2, -0.15) is 0 Å². The third-order valence-corrected chi connectivity index (χ3v) is 4.97. The van der Waals surface area contributed by atoms with Crippen molar-refractivity contribution in [3.63, 3.8) is 0 Å². The average molecular weight is 357 g/mol. The summed E-state index contributed by atoms with van der Waals surface area (Å²) in [4.78, 5) is 28.0. The van der Waals surface area contributed by atoms with Crippen LogP contribution in [0, 0.1) is 0 Å². The number of rotatable bonds is 4. The fraction of sp³-hybridized carbons (Fsp3) is 0.300. The van der Waals surface area contributed by atoms with Crippen LogP contribution in [0.15, 0.2) is 48.5 Å². The Bertz CT molecular complexity index is 789. The SMILES string of the molecule is CC(c1cccc(Cl)c1)N(C)C(=O)c1ccc(N2CCCC2=O)cc1. The van der Waals surface area contributed by atoms with Crippen molar-refractivity contribution in [3.8, 4) is 0 Å². The normalized spacial score (nSPS) is 15.3. The molecule has 2 aromatic carbocycles. The first-order valence-corrected chi connectivity index (χ1v) is 8.78. The summed E-state index contributed by atoms with van der Waals surface area (Å²) in [7, 11) is 1.78. The summed E-state index contributed by atoms with van der Waals surface area (Å²) in [6, 6.07) is 14.7.